The molecule has 24 heavy (non-hydrogen) atoms. The smallest absolute Gasteiger partial charge is 0.242 e. The fraction of sp³-hybridized carbons (Fsp3) is 0.263. The van der Waals surface area contributed by atoms with Crippen LogP contribution in [0.1, 0.15) is 18.4 Å². The van der Waals surface area contributed by atoms with E-state index in [0.717, 1.165) is 11.3 Å². The molecule has 2 aromatic carbocycles. The van der Waals surface area contributed by atoms with Gasteiger partial charge in [-0.3, -0.25) is 9.59 Å². The molecule has 124 valence electrons. The summed E-state index contributed by atoms with van der Waals surface area (Å²) in [4.78, 5) is 27.1. The second-order valence-corrected chi connectivity index (χ2v) is 6.63. The van der Waals surface area contributed by atoms with Gasteiger partial charge in [0.2, 0.25) is 11.8 Å². The fourth-order valence-electron chi connectivity index (χ4n) is 2.76. The van der Waals surface area contributed by atoms with Crippen LogP contribution in [0.15, 0.2) is 48.5 Å². The van der Waals surface area contributed by atoms with Crippen molar-refractivity contribution >= 4 is 34.8 Å². The Bertz CT molecular complexity index is 785. The van der Waals surface area contributed by atoms with Crippen molar-refractivity contribution in [1.29, 1.82) is 0 Å². The molecule has 1 N–H and O–H groups in total. The number of para-hydroxylation sites is 1. The highest BCUT2D eigenvalue weighted by Gasteiger charge is 2.57. The Kier molecular flexibility index (Phi) is 4.33. The Balaban J connectivity index is 1.78. The van der Waals surface area contributed by atoms with Crippen molar-refractivity contribution < 1.29 is 9.59 Å². The van der Waals surface area contributed by atoms with Gasteiger partial charge in [-0.1, -0.05) is 29.8 Å². The van der Waals surface area contributed by atoms with Gasteiger partial charge >= 0.3 is 0 Å². The van der Waals surface area contributed by atoms with Crippen LogP contribution in [0, 0.1) is 12.3 Å². The maximum absolute atomic E-state index is 12.8. The van der Waals surface area contributed by atoms with Crippen LogP contribution < -0.4 is 10.2 Å². The maximum Gasteiger partial charge on any atom is 0.242 e. The molecule has 5 heteroatoms. The molecule has 1 saturated carbocycles. The fourth-order valence-corrected chi connectivity index (χ4v) is 2.99. The molecule has 0 aromatic heterocycles. The topological polar surface area (TPSA) is 49.4 Å². The van der Waals surface area contributed by atoms with Gasteiger partial charge in [0.1, 0.15) is 5.41 Å². The summed E-state index contributed by atoms with van der Waals surface area (Å²) in [6.07, 6.45) is 1.14. The first-order valence-corrected chi connectivity index (χ1v) is 8.23. The highest BCUT2D eigenvalue weighted by Crippen LogP contribution is 2.48. The van der Waals surface area contributed by atoms with Gasteiger partial charge in [0.15, 0.2) is 0 Å². The Hall–Kier alpha value is -2.33. The first kappa shape index (κ1) is 16.5. The van der Waals surface area contributed by atoms with Gasteiger partial charge in [-0.25, -0.2) is 0 Å². The number of carbonyl (C=O) groups is 2. The minimum atomic E-state index is -0.962. The summed E-state index contributed by atoms with van der Waals surface area (Å²) in [6.45, 7) is 1.87. The van der Waals surface area contributed by atoms with E-state index >= 15 is 0 Å². The number of nitrogens with one attached hydrogen (secondary N) is 1. The first-order chi connectivity index (χ1) is 11.4. The van der Waals surface area contributed by atoms with Crippen molar-refractivity contribution in [2.45, 2.75) is 19.8 Å². The summed E-state index contributed by atoms with van der Waals surface area (Å²) < 4.78 is 0. The molecule has 1 aliphatic carbocycles. The van der Waals surface area contributed by atoms with E-state index in [-0.39, 0.29) is 11.8 Å². The van der Waals surface area contributed by atoms with E-state index in [9.17, 15) is 9.59 Å². The Morgan fingerprint density at radius 1 is 1.12 bits per heavy atom. The molecule has 0 atom stereocenters. The lowest BCUT2D eigenvalue weighted by Gasteiger charge is -2.23. The molecule has 0 saturated heterocycles. The first-order valence-electron chi connectivity index (χ1n) is 7.85. The molecular weight excluding hydrogens is 324 g/mol. The third-order valence-corrected chi connectivity index (χ3v) is 4.71. The van der Waals surface area contributed by atoms with Gasteiger partial charge in [-0.05, 0) is 55.7 Å². The van der Waals surface area contributed by atoms with E-state index in [1.54, 1.807) is 30.1 Å². The van der Waals surface area contributed by atoms with Gasteiger partial charge < -0.3 is 10.2 Å². The molecular formula is C19H19ClN2O2. The Morgan fingerprint density at radius 3 is 2.38 bits per heavy atom. The average Bonchev–Trinajstić information content (AvgIpc) is 3.38. The lowest BCUT2D eigenvalue weighted by Crippen LogP contribution is -2.41. The van der Waals surface area contributed by atoms with Crippen LogP contribution in [0.5, 0.6) is 0 Å². The zero-order chi connectivity index (χ0) is 17.3. The molecule has 0 spiro atoms. The van der Waals surface area contributed by atoms with E-state index in [0.29, 0.717) is 23.6 Å². The minimum absolute atomic E-state index is 0.169. The number of amides is 2. The summed E-state index contributed by atoms with van der Waals surface area (Å²) in [7, 11) is 1.71. The van der Waals surface area contributed by atoms with E-state index in [1.807, 2.05) is 37.3 Å². The number of hydrogen-bond donors (Lipinski definition) is 1. The van der Waals surface area contributed by atoms with Crippen molar-refractivity contribution in [2.75, 3.05) is 17.3 Å². The quantitative estimate of drug-likeness (QED) is 0.853. The number of benzene rings is 2. The summed E-state index contributed by atoms with van der Waals surface area (Å²) in [6, 6.07) is 14.6. The molecule has 0 aliphatic heterocycles. The summed E-state index contributed by atoms with van der Waals surface area (Å²) in [5.74, 6) is -0.418. The van der Waals surface area contributed by atoms with E-state index < -0.39 is 5.41 Å². The van der Waals surface area contributed by atoms with Gasteiger partial charge in [0.05, 0.1) is 0 Å². The number of carbonyl (C=O) groups excluding carboxylic acids is 2. The number of nitrogens with zero attached hydrogens (tertiary/aromatic N) is 1. The highest BCUT2D eigenvalue weighted by atomic mass is 35.5. The molecule has 0 radical (unpaired) electrons. The third-order valence-electron chi connectivity index (χ3n) is 4.48. The molecule has 4 nitrogen and oxygen atoms in total. The zero-order valence-corrected chi connectivity index (χ0v) is 14.4. The molecule has 1 fully saturated rings. The van der Waals surface area contributed by atoms with Crippen LogP contribution in [-0.2, 0) is 9.59 Å². The molecule has 0 bridgehead atoms. The summed E-state index contributed by atoms with van der Waals surface area (Å²) >= 11 is 5.94. The molecule has 3 rings (SSSR count). The predicted molar refractivity (Wildman–Crippen MR) is 96.3 cm³/mol. The van der Waals surface area contributed by atoms with E-state index in [1.165, 1.54) is 0 Å². The predicted octanol–water partition coefficient (Wildman–Crippen LogP) is 4.03. The number of hydrogen-bond acceptors (Lipinski definition) is 2. The van der Waals surface area contributed by atoms with Crippen molar-refractivity contribution in [1.82, 2.24) is 0 Å². The maximum atomic E-state index is 12.8. The number of halogens is 1. The molecule has 1 aliphatic rings. The average molecular weight is 343 g/mol. The monoisotopic (exact) mass is 342 g/mol. The van der Waals surface area contributed by atoms with Crippen LogP contribution in [-0.4, -0.2) is 18.9 Å². The van der Waals surface area contributed by atoms with Gasteiger partial charge in [-0.2, -0.15) is 0 Å². The highest BCUT2D eigenvalue weighted by molar-refractivity contribution is 6.30. The summed E-state index contributed by atoms with van der Waals surface area (Å²) in [5.41, 5.74) is 1.38. The van der Waals surface area contributed by atoms with Crippen LogP contribution in [0.2, 0.25) is 5.02 Å². The van der Waals surface area contributed by atoms with Crippen LogP contribution >= 0.6 is 11.6 Å². The second-order valence-electron chi connectivity index (χ2n) is 6.20. The van der Waals surface area contributed by atoms with Crippen LogP contribution in [0.25, 0.3) is 0 Å². The zero-order valence-electron chi connectivity index (χ0n) is 13.7. The van der Waals surface area contributed by atoms with Crippen molar-refractivity contribution in [3.05, 3.63) is 59.1 Å². The molecule has 2 aromatic rings. The number of aryl methyl sites for hydroxylation is 1. The van der Waals surface area contributed by atoms with Crippen LogP contribution in [0.4, 0.5) is 11.4 Å². The van der Waals surface area contributed by atoms with Gasteiger partial charge in [0, 0.05) is 23.4 Å². The lowest BCUT2D eigenvalue weighted by atomic mass is 10.0. The third kappa shape index (κ3) is 3.02. The van der Waals surface area contributed by atoms with Gasteiger partial charge in [-0.15, -0.1) is 0 Å². The Morgan fingerprint density at radius 2 is 1.79 bits per heavy atom. The summed E-state index contributed by atoms with van der Waals surface area (Å²) in [5, 5.41) is 3.50. The van der Waals surface area contributed by atoms with E-state index in [2.05, 4.69) is 5.32 Å². The van der Waals surface area contributed by atoms with E-state index in [4.69, 9.17) is 11.6 Å². The lowest BCUT2D eigenvalue weighted by molar-refractivity contribution is -0.132. The van der Waals surface area contributed by atoms with Crippen molar-refractivity contribution in [3.63, 3.8) is 0 Å². The number of rotatable bonds is 4. The number of anilines is 2. The molecule has 0 unspecified atom stereocenters. The second kappa shape index (κ2) is 6.29. The SMILES string of the molecule is Cc1cc(Cl)ccc1NC(=O)C1(C(=O)N(C)c2ccccc2)CC1. The standard InChI is InChI=1S/C19H19ClN2O2/c1-13-12-14(20)8-9-16(13)21-17(23)19(10-11-19)18(24)22(2)15-6-4-3-5-7-15/h3-9,12H,10-11H2,1-2H3,(H,21,23). The van der Waals surface area contributed by atoms with Gasteiger partial charge in [0.25, 0.3) is 0 Å². The normalized spacial score (nSPS) is 14.8. The van der Waals surface area contributed by atoms with Crippen LogP contribution in [0.3, 0.4) is 0 Å². The Labute approximate surface area is 146 Å². The minimum Gasteiger partial charge on any atom is -0.325 e. The molecule has 0 heterocycles. The molecule has 2 amide bonds. The van der Waals surface area contributed by atoms with Crippen molar-refractivity contribution in [3.8, 4) is 0 Å². The van der Waals surface area contributed by atoms with Crippen molar-refractivity contribution in [2.24, 2.45) is 5.41 Å². The largest absolute Gasteiger partial charge is 0.325 e.